The first-order valence-electron chi connectivity index (χ1n) is 16.5. The van der Waals surface area contributed by atoms with Gasteiger partial charge in [0.05, 0.1) is 0 Å². The number of unbranched alkanes of at least 4 members (excludes halogenated alkanes) is 1. The van der Waals surface area contributed by atoms with Crippen LogP contribution in [0.4, 0.5) is 11.4 Å². The Kier molecular flexibility index (Phi) is 17.6. The molecule has 4 aromatic rings. The van der Waals surface area contributed by atoms with E-state index in [-0.39, 0.29) is 48.0 Å². The Morgan fingerprint density at radius 1 is 0.500 bits per heavy atom. The minimum atomic E-state index is 0. The van der Waals surface area contributed by atoms with Crippen LogP contribution in [0.3, 0.4) is 0 Å². The Hall–Kier alpha value is -2.72. The van der Waals surface area contributed by atoms with Crippen LogP contribution in [0, 0.1) is 13.8 Å². The number of benzene rings is 2. The van der Waals surface area contributed by atoms with Gasteiger partial charge in [0.2, 0.25) is 0 Å². The van der Waals surface area contributed by atoms with Gasteiger partial charge in [0.1, 0.15) is 13.1 Å². The first-order chi connectivity index (χ1) is 21.4. The third kappa shape index (κ3) is 11.5. The molecule has 0 unspecified atom stereocenters. The summed E-state index contributed by atoms with van der Waals surface area (Å²) in [4.78, 5) is 4.74. The number of hydrogen-bond donors (Lipinski definition) is 0. The van der Waals surface area contributed by atoms with Crippen molar-refractivity contribution in [2.45, 2.75) is 67.5 Å². The van der Waals surface area contributed by atoms with Crippen molar-refractivity contribution in [2.24, 2.45) is 0 Å². The summed E-state index contributed by atoms with van der Waals surface area (Å²) in [7, 11) is 0. The fourth-order valence-corrected chi connectivity index (χ4v) is 5.73. The highest BCUT2D eigenvalue weighted by molar-refractivity contribution is 5.72. The molecule has 0 radical (unpaired) electrons. The van der Waals surface area contributed by atoms with Crippen LogP contribution in [0.5, 0.6) is 0 Å². The van der Waals surface area contributed by atoms with E-state index in [4.69, 9.17) is 0 Å². The Bertz CT molecular complexity index is 1400. The fourth-order valence-electron chi connectivity index (χ4n) is 5.73. The molecule has 4 nitrogen and oxygen atoms in total. The molecule has 0 spiro atoms. The number of pyridine rings is 2. The molecule has 2 aromatic heterocycles. The molecule has 0 atom stereocenters. The van der Waals surface area contributed by atoms with E-state index in [1.807, 2.05) is 0 Å². The molecule has 0 aliphatic carbocycles. The van der Waals surface area contributed by atoms with Gasteiger partial charge in [-0.05, 0) is 88.1 Å². The van der Waals surface area contributed by atoms with Crippen molar-refractivity contribution < 1.29 is 57.1 Å². The lowest BCUT2D eigenvalue weighted by atomic mass is 10.1. The summed E-state index contributed by atoms with van der Waals surface area (Å²) < 4.78 is 4.65. The van der Waals surface area contributed by atoms with Crippen LogP contribution in [0.2, 0.25) is 0 Å². The standard InChI is InChI=1S/C40H52N4.2HI/c1-7-43(8-2)39-21-15-35(16-22-39)13-19-37-25-29-41(31-33(37)5)27-11-12-28-42-30-26-38(34(6)32-42)20-14-36-17-23-40(24-18-36)44(9-3)10-4;;/h13-26,29-32H,7-12,27-28H2,1-6H3;2*1H/q+2;;/p-2. The fraction of sp³-hybridized carbons (Fsp3) is 0.350. The van der Waals surface area contributed by atoms with E-state index in [0.717, 1.165) is 52.1 Å². The van der Waals surface area contributed by atoms with Gasteiger partial charge in [-0.15, -0.1) is 0 Å². The van der Waals surface area contributed by atoms with Gasteiger partial charge in [-0.25, -0.2) is 9.13 Å². The lowest BCUT2D eigenvalue weighted by Gasteiger charge is -2.20. The van der Waals surface area contributed by atoms with Gasteiger partial charge in [0, 0.05) is 73.7 Å². The largest absolute Gasteiger partial charge is 1.00 e. The molecular weight excluding hydrogens is 790 g/mol. The Balaban J connectivity index is 0.00000368. The number of nitrogens with zero attached hydrogens (tertiary/aromatic N) is 4. The van der Waals surface area contributed by atoms with Gasteiger partial charge in [0.15, 0.2) is 24.8 Å². The molecule has 0 saturated carbocycles. The van der Waals surface area contributed by atoms with Crippen LogP contribution in [0.1, 0.15) is 73.9 Å². The molecular formula is C40H52I2N4. The highest BCUT2D eigenvalue weighted by Crippen LogP contribution is 2.19. The molecule has 0 aliphatic heterocycles. The van der Waals surface area contributed by atoms with Crippen molar-refractivity contribution in [2.75, 3.05) is 36.0 Å². The summed E-state index contributed by atoms with van der Waals surface area (Å²) in [5, 5.41) is 0. The predicted molar refractivity (Wildman–Crippen MR) is 190 cm³/mol. The van der Waals surface area contributed by atoms with E-state index in [1.54, 1.807) is 0 Å². The van der Waals surface area contributed by atoms with E-state index in [2.05, 4.69) is 170 Å². The number of hydrogen-bond acceptors (Lipinski definition) is 2. The van der Waals surface area contributed by atoms with Crippen molar-refractivity contribution in [3.63, 3.8) is 0 Å². The normalized spacial score (nSPS) is 11.0. The minimum absolute atomic E-state index is 0. The highest BCUT2D eigenvalue weighted by Gasteiger charge is 2.08. The SMILES string of the molecule is CCN(CC)c1ccc(/C=C/c2cc[n+](CCCC[n+]3ccc(/C=C/c4ccc(N(CC)CC)cc4)c(C)c3)cc2C)cc1.[I-].[I-]. The Morgan fingerprint density at radius 3 is 1.15 bits per heavy atom. The Morgan fingerprint density at radius 2 is 0.848 bits per heavy atom. The smallest absolute Gasteiger partial charge is 0.172 e. The first-order valence-corrected chi connectivity index (χ1v) is 16.5. The van der Waals surface area contributed by atoms with Crippen LogP contribution < -0.4 is 66.9 Å². The number of aryl methyl sites for hydroxylation is 4. The maximum Gasteiger partial charge on any atom is 0.172 e. The summed E-state index contributed by atoms with van der Waals surface area (Å²) >= 11 is 0. The summed E-state index contributed by atoms with van der Waals surface area (Å²) in [5.41, 5.74) is 10.2. The van der Waals surface area contributed by atoms with E-state index in [0.29, 0.717) is 0 Å². The van der Waals surface area contributed by atoms with Crippen LogP contribution in [0.15, 0.2) is 85.5 Å². The second-order valence-electron chi connectivity index (χ2n) is 11.5. The highest BCUT2D eigenvalue weighted by atomic mass is 127. The van der Waals surface area contributed by atoms with Crippen molar-refractivity contribution in [1.82, 2.24) is 0 Å². The van der Waals surface area contributed by atoms with E-state index in [9.17, 15) is 0 Å². The molecule has 246 valence electrons. The van der Waals surface area contributed by atoms with Gasteiger partial charge in [0.25, 0.3) is 0 Å². The van der Waals surface area contributed by atoms with Crippen LogP contribution in [-0.4, -0.2) is 26.2 Å². The van der Waals surface area contributed by atoms with E-state index >= 15 is 0 Å². The molecule has 0 bridgehead atoms. The molecule has 2 heterocycles. The first kappa shape index (κ1) is 39.5. The predicted octanol–water partition coefficient (Wildman–Crippen LogP) is 2.40. The van der Waals surface area contributed by atoms with Crippen molar-refractivity contribution in [1.29, 1.82) is 0 Å². The summed E-state index contributed by atoms with van der Waals surface area (Å²) in [6, 6.07) is 22.2. The molecule has 0 saturated heterocycles. The van der Waals surface area contributed by atoms with Gasteiger partial charge < -0.3 is 57.8 Å². The lowest BCUT2D eigenvalue weighted by molar-refractivity contribution is -0.708. The molecule has 4 rings (SSSR count). The number of halogens is 2. The third-order valence-electron chi connectivity index (χ3n) is 8.56. The lowest BCUT2D eigenvalue weighted by Crippen LogP contribution is -3.00. The quantitative estimate of drug-likeness (QED) is 0.104. The summed E-state index contributed by atoms with van der Waals surface area (Å²) in [5.74, 6) is 0. The average molecular weight is 843 g/mol. The summed E-state index contributed by atoms with van der Waals surface area (Å²) in [6.45, 7) is 19.4. The molecule has 6 heteroatoms. The van der Waals surface area contributed by atoms with Crippen molar-refractivity contribution >= 4 is 35.7 Å². The molecule has 0 aliphatic rings. The zero-order valence-corrected chi connectivity index (χ0v) is 32.9. The van der Waals surface area contributed by atoms with Crippen LogP contribution in [0.25, 0.3) is 24.3 Å². The molecule has 0 amide bonds. The van der Waals surface area contributed by atoms with Gasteiger partial charge >= 0.3 is 0 Å². The molecule has 0 N–H and O–H groups in total. The monoisotopic (exact) mass is 842 g/mol. The second kappa shape index (κ2) is 20.5. The number of aromatic nitrogens is 2. The maximum absolute atomic E-state index is 2.37. The zero-order valence-electron chi connectivity index (χ0n) is 28.6. The molecule has 2 aromatic carbocycles. The number of anilines is 2. The van der Waals surface area contributed by atoms with Crippen molar-refractivity contribution in [3.05, 3.63) is 119 Å². The van der Waals surface area contributed by atoms with Crippen LogP contribution >= 0.6 is 0 Å². The third-order valence-corrected chi connectivity index (χ3v) is 8.56. The van der Waals surface area contributed by atoms with Crippen LogP contribution in [-0.2, 0) is 13.1 Å². The van der Waals surface area contributed by atoms with Crippen molar-refractivity contribution in [3.8, 4) is 0 Å². The molecule has 0 fully saturated rings. The number of rotatable bonds is 15. The maximum atomic E-state index is 2.37. The minimum Gasteiger partial charge on any atom is -1.00 e. The van der Waals surface area contributed by atoms with E-state index in [1.165, 1.54) is 44.8 Å². The Labute approximate surface area is 312 Å². The second-order valence-corrected chi connectivity index (χ2v) is 11.5. The molecule has 46 heavy (non-hydrogen) atoms. The van der Waals surface area contributed by atoms with Gasteiger partial charge in [-0.1, -0.05) is 48.6 Å². The average Bonchev–Trinajstić information content (AvgIpc) is 3.04. The topological polar surface area (TPSA) is 14.2 Å². The van der Waals surface area contributed by atoms with Gasteiger partial charge in [-0.2, -0.15) is 0 Å². The summed E-state index contributed by atoms with van der Waals surface area (Å²) in [6.07, 6.45) is 20.2. The van der Waals surface area contributed by atoms with Gasteiger partial charge in [-0.3, -0.25) is 0 Å². The van der Waals surface area contributed by atoms with E-state index < -0.39 is 0 Å². The zero-order chi connectivity index (χ0) is 31.3.